The second-order valence-electron chi connectivity index (χ2n) is 6.15. The fraction of sp³-hybridized carbons (Fsp3) is 0.500. The lowest BCUT2D eigenvalue weighted by Crippen LogP contribution is -2.53. The standard InChI is InChI=1S/C16H21NO4/c1-15(8-9-15)16(2,10-13(18)19)17-14(20)21-11-12-6-4-3-5-7-12/h3-7H,8-11H2,1-2H3,(H,17,20)(H,18,19). The summed E-state index contributed by atoms with van der Waals surface area (Å²) in [5.74, 6) is -0.922. The van der Waals surface area contributed by atoms with E-state index in [2.05, 4.69) is 5.32 Å². The van der Waals surface area contributed by atoms with E-state index in [1.54, 1.807) is 6.92 Å². The van der Waals surface area contributed by atoms with Gasteiger partial charge in [0, 0.05) is 0 Å². The Hall–Kier alpha value is -2.04. The van der Waals surface area contributed by atoms with E-state index in [1.807, 2.05) is 37.3 Å². The molecule has 1 aromatic rings. The zero-order valence-electron chi connectivity index (χ0n) is 12.4. The van der Waals surface area contributed by atoms with Crippen molar-refractivity contribution in [2.24, 2.45) is 5.41 Å². The molecule has 1 unspecified atom stereocenters. The number of carbonyl (C=O) groups excluding carboxylic acids is 1. The van der Waals surface area contributed by atoms with Crippen LogP contribution in [0.15, 0.2) is 30.3 Å². The molecular weight excluding hydrogens is 270 g/mol. The van der Waals surface area contributed by atoms with E-state index >= 15 is 0 Å². The molecule has 0 heterocycles. The van der Waals surface area contributed by atoms with Gasteiger partial charge in [-0.2, -0.15) is 0 Å². The average molecular weight is 291 g/mol. The summed E-state index contributed by atoms with van der Waals surface area (Å²) in [6.07, 6.45) is 1.14. The summed E-state index contributed by atoms with van der Waals surface area (Å²) in [7, 11) is 0. The molecule has 0 spiro atoms. The molecule has 114 valence electrons. The highest BCUT2D eigenvalue weighted by Gasteiger charge is 2.54. The topological polar surface area (TPSA) is 75.6 Å². The van der Waals surface area contributed by atoms with Crippen molar-refractivity contribution in [1.82, 2.24) is 5.32 Å². The van der Waals surface area contributed by atoms with Gasteiger partial charge in [0.2, 0.25) is 0 Å². The molecule has 2 N–H and O–H groups in total. The third kappa shape index (κ3) is 3.74. The van der Waals surface area contributed by atoms with Gasteiger partial charge in [-0.05, 0) is 30.7 Å². The number of rotatable bonds is 6. The Bertz CT molecular complexity index is 524. The number of ether oxygens (including phenoxy) is 1. The Kier molecular flexibility index (Phi) is 4.21. The summed E-state index contributed by atoms with van der Waals surface area (Å²) in [4.78, 5) is 23.0. The van der Waals surface area contributed by atoms with Crippen LogP contribution in [0, 0.1) is 5.41 Å². The predicted molar refractivity (Wildman–Crippen MR) is 77.8 cm³/mol. The number of benzene rings is 1. The third-order valence-corrected chi connectivity index (χ3v) is 4.43. The monoisotopic (exact) mass is 291 g/mol. The Balaban J connectivity index is 1.94. The molecule has 1 aliphatic rings. The van der Waals surface area contributed by atoms with Gasteiger partial charge in [-0.1, -0.05) is 37.3 Å². The highest BCUT2D eigenvalue weighted by Crippen LogP contribution is 2.54. The molecule has 0 saturated heterocycles. The number of alkyl carbamates (subject to hydrolysis) is 1. The van der Waals surface area contributed by atoms with Gasteiger partial charge in [0.1, 0.15) is 6.61 Å². The molecule has 1 fully saturated rings. The number of hydrogen-bond donors (Lipinski definition) is 2. The van der Waals surface area contributed by atoms with Crippen molar-refractivity contribution in [3.8, 4) is 0 Å². The second-order valence-corrected chi connectivity index (χ2v) is 6.15. The molecule has 5 nitrogen and oxygen atoms in total. The number of carboxylic acids is 1. The van der Waals surface area contributed by atoms with E-state index in [0.717, 1.165) is 18.4 Å². The SMILES string of the molecule is CC1(C(C)(CC(=O)O)NC(=O)OCc2ccccc2)CC1. The Morgan fingerprint density at radius 1 is 1.33 bits per heavy atom. The van der Waals surface area contributed by atoms with Crippen molar-refractivity contribution in [3.05, 3.63) is 35.9 Å². The van der Waals surface area contributed by atoms with Crippen LogP contribution in [-0.2, 0) is 16.1 Å². The van der Waals surface area contributed by atoms with Gasteiger partial charge < -0.3 is 15.2 Å². The molecule has 1 amide bonds. The van der Waals surface area contributed by atoms with E-state index in [-0.39, 0.29) is 18.4 Å². The molecule has 5 heteroatoms. The summed E-state index contributed by atoms with van der Waals surface area (Å²) in [5, 5.41) is 11.8. The Morgan fingerprint density at radius 3 is 2.48 bits per heavy atom. The maximum Gasteiger partial charge on any atom is 0.407 e. The van der Waals surface area contributed by atoms with Crippen LogP contribution in [0.5, 0.6) is 0 Å². The van der Waals surface area contributed by atoms with Gasteiger partial charge >= 0.3 is 12.1 Å². The van der Waals surface area contributed by atoms with Crippen molar-refractivity contribution in [2.45, 2.75) is 45.3 Å². The van der Waals surface area contributed by atoms with E-state index in [0.29, 0.717) is 0 Å². The van der Waals surface area contributed by atoms with Crippen LogP contribution in [-0.4, -0.2) is 22.7 Å². The summed E-state index contributed by atoms with van der Waals surface area (Å²) in [5.41, 5.74) is -0.0609. The normalized spacial score (nSPS) is 18.4. The number of aliphatic carboxylic acids is 1. The lowest BCUT2D eigenvalue weighted by molar-refractivity contribution is -0.139. The van der Waals surface area contributed by atoms with Crippen LogP contribution in [0.3, 0.4) is 0 Å². The molecule has 1 saturated carbocycles. The Labute approximate surface area is 124 Å². The molecule has 1 aromatic carbocycles. The highest BCUT2D eigenvalue weighted by atomic mass is 16.5. The van der Waals surface area contributed by atoms with E-state index in [4.69, 9.17) is 9.84 Å². The largest absolute Gasteiger partial charge is 0.481 e. The first-order valence-corrected chi connectivity index (χ1v) is 7.05. The molecule has 0 aromatic heterocycles. The summed E-state index contributed by atoms with van der Waals surface area (Å²) >= 11 is 0. The van der Waals surface area contributed by atoms with Crippen molar-refractivity contribution < 1.29 is 19.4 Å². The van der Waals surface area contributed by atoms with Crippen LogP contribution in [0.2, 0.25) is 0 Å². The maximum absolute atomic E-state index is 12.0. The summed E-state index contributed by atoms with van der Waals surface area (Å²) in [6.45, 7) is 3.94. The lowest BCUT2D eigenvalue weighted by atomic mass is 9.81. The molecule has 1 atom stereocenters. The van der Waals surface area contributed by atoms with Crippen molar-refractivity contribution in [1.29, 1.82) is 0 Å². The number of carbonyl (C=O) groups is 2. The van der Waals surface area contributed by atoms with Gasteiger partial charge in [-0.3, -0.25) is 4.79 Å². The van der Waals surface area contributed by atoms with Crippen molar-refractivity contribution >= 4 is 12.1 Å². The average Bonchev–Trinajstić information content (AvgIpc) is 3.16. The molecule has 2 rings (SSSR count). The molecule has 0 radical (unpaired) electrons. The zero-order chi connectivity index (χ0) is 15.5. The quantitative estimate of drug-likeness (QED) is 0.845. The summed E-state index contributed by atoms with van der Waals surface area (Å²) in [6, 6.07) is 9.37. The van der Waals surface area contributed by atoms with E-state index < -0.39 is 17.6 Å². The van der Waals surface area contributed by atoms with Crippen LogP contribution >= 0.6 is 0 Å². The van der Waals surface area contributed by atoms with Gasteiger partial charge in [-0.25, -0.2) is 4.79 Å². The van der Waals surface area contributed by atoms with Gasteiger partial charge in [-0.15, -0.1) is 0 Å². The number of hydrogen-bond acceptors (Lipinski definition) is 3. The first-order valence-electron chi connectivity index (χ1n) is 7.05. The Morgan fingerprint density at radius 2 is 1.95 bits per heavy atom. The first-order chi connectivity index (χ1) is 9.85. The van der Waals surface area contributed by atoms with E-state index in [1.165, 1.54) is 0 Å². The molecule has 0 bridgehead atoms. The molecule has 21 heavy (non-hydrogen) atoms. The molecule has 0 aliphatic heterocycles. The smallest absolute Gasteiger partial charge is 0.407 e. The molecule has 1 aliphatic carbocycles. The van der Waals surface area contributed by atoms with Crippen LogP contribution < -0.4 is 5.32 Å². The lowest BCUT2D eigenvalue weighted by Gasteiger charge is -2.35. The fourth-order valence-electron chi connectivity index (χ4n) is 2.43. The number of nitrogens with one attached hydrogen (secondary N) is 1. The third-order valence-electron chi connectivity index (χ3n) is 4.43. The van der Waals surface area contributed by atoms with Gasteiger partial charge in [0.15, 0.2) is 0 Å². The summed E-state index contributed by atoms with van der Waals surface area (Å²) < 4.78 is 5.19. The van der Waals surface area contributed by atoms with Crippen LogP contribution in [0.25, 0.3) is 0 Å². The minimum absolute atomic E-state index is 0.107. The fourth-order valence-corrected chi connectivity index (χ4v) is 2.43. The van der Waals surface area contributed by atoms with E-state index in [9.17, 15) is 9.59 Å². The number of carboxylic acid groups (broad SMARTS) is 1. The van der Waals surface area contributed by atoms with Gasteiger partial charge in [0.05, 0.1) is 12.0 Å². The van der Waals surface area contributed by atoms with Crippen molar-refractivity contribution in [3.63, 3.8) is 0 Å². The van der Waals surface area contributed by atoms with Crippen LogP contribution in [0.1, 0.15) is 38.7 Å². The zero-order valence-corrected chi connectivity index (χ0v) is 12.4. The maximum atomic E-state index is 12.0. The minimum Gasteiger partial charge on any atom is -0.481 e. The number of amides is 1. The predicted octanol–water partition coefficient (Wildman–Crippen LogP) is 2.95. The van der Waals surface area contributed by atoms with Gasteiger partial charge in [0.25, 0.3) is 0 Å². The van der Waals surface area contributed by atoms with Crippen molar-refractivity contribution in [2.75, 3.05) is 0 Å². The highest BCUT2D eigenvalue weighted by molar-refractivity contribution is 5.73. The second kappa shape index (κ2) is 5.76. The molecular formula is C16H21NO4. The van der Waals surface area contributed by atoms with Crippen LogP contribution in [0.4, 0.5) is 4.79 Å². The minimum atomic E-state index is -0.922. The first kappa shape index (κ1) is 15.4.